The molecule has 0 bridgehead atoms. The molecule has 25 heavy (non-hydrogen) atoms. The lowest BCUT2D eigenvalue weighted by atomic mass is 9.72. The Kier molecular flexibility index (Phi) is 5.84. The van der Waals surface area contributed by atoms with E-state index in [0.29, 0.717) is 6.54 Å². The molecule has 0 N–H and O–H groups in total. The minimum Gasteiger partial charge on any atom is -0.433 e. The molecule has 1 aliphatic heterocycles. The van der Waals surface area contributed by atoms with Crippen LogP contribution in [0.2, 0.25) is 0 Å². The lowest BCUT2D eigenvalue weighted by Gasteiger charge is -2.51. The van der Waals surface area contributed by atoms with E-state index < -0.39 is 29.9 Å². The molecule has 0 spiro atoms. The summed E-state index contributed by atoms with van der Waals surface area (Å²) in [5.74, 6) is -0.865. The van der Waals surface area contributed by atoms with Crippen LogP contribution in [0, 0.1) is 0 Å². The second-order valence-electron chi connectivity index (χ2n) is 7.44. The highest BCUT2D eigenvalue weighted by molar-refractivity contribution is 6.22. The molecule has 1 heterocycles. The van der Waals surface area contributed by atoms with Gasteiger partial charge in [-0.25, -0.2) is 4.79 Å². The zero-order valence-electron chi connectivity index (χ0n) is 15.0. The Balaban J connectivity index is 3.01. The van der Waals surface area contributed by atoms with Crippen LogP contribution < -0.4 is 0 Å². The highest BCUT2D eigenvalue weighted by atomic mass is 19.4. The largest absolute Gasteiger partial charge is 0.433 e. The number of nitrogens with zero attached hydrogens (tertiary/aromatic N) is 2. The van der Waals surface area contributed by atoms with Gasteiger partial charge in [-0.2, -0.15) is 26.3 Å². The van der Waals surface area contributed by atoms with E-state index in [1.165, 1.54) is 0 Å². The summed E-state index contributed by atoms with van der Waals surface area (Å²) in [7, 11) is 3.16. The van der Waals surface area contributed by atoms with Gasteiger partial charge < -0.3 is 14.5 Å². The Morgan fingerprint density at radius 1 is 0.960 bits per heavy atom. The van der Waals surface area contributed by atoms with E-state index in [0.717, 1.165) is 4.90 Å². The molecule has 13 heteroatoms. The van der Waals surface area contributed by atoms with Crippen molar-refractivity contribution < 1.29 is 35.9 Å². The molecule has 0 aromatic rings. The monoisotopic (exact) mass is 372 g/mol. The number of hydrogen-bond donors (Lipinski definition) is 0. The van der Waals surface area contributed by atoms with Crippen molar-refractivity contribution in [1.29, 1.82) is 0 Å². The van der Waals surface area contributed by atoms with Crippen LogP contribution in [-0.4, -0.2) is 87.8 Å². The van der Waals surface area contributed by atoms with Crippen molar-refractivity contribution in [2.75, 3.05) is 13.1 Å². The first-order valence-corrected chi connectivity index (χ1v) is 7.83. The standard InChI is InChI=1S/C12H21B3F6N2O2/c1-9(2,3)23-5-4-22(6(13)7(23)14)8(24)25-10(15,11(16,17)18)12(19,20)21/h6-7H,4-5,13-15H2,1-3H3. The smallest absolute Gasteiger partial charge is 0.428 e. The molecular weight excluding hydrogens is 351 g/mol. The van der Waals surface area contributed by atoms with Crippen molar-refractivity contribution >= 4 is 29.6 Å². The summed E-state index contributed by atoms with van der Waals surface area (Å²) >= 11 is 0. The number of alkyl halides is 6. The van der Waals surface area contributed by atoms with Crippen molar-refractivity contribution in [2.24, 2.45) is 0 Å². The van der Waals surface area contributed by atoms with Crippen molar-refractivity contribution in [3.63, 3.8) is 0 Å². The van der Waals surface area contributed by atoms with E-state index in [1.807, 2.05) is 25.7 Å². The zero-order valence-corrected chi connectivity index (χ0v) is 15.0. The third-order valence-electron chi connectivity index (χ3n) is 4.73. The molecule has 1 rings (SSSR count). The number of carbonyl (C=O) groups is 1. The fourth-order valence-corrected chi connectivity index (χ4v) is 2.86. The van der Waals surface area contributed by atoms with E-state index in [1.54, 1.807) is 15.7 Å². The molecule has 1 saturated heterocycles. The molecule has 2 atom stereocenters. The van der Waals surface area contributed by atoms with Gasteiger partial charge in [0, 0.05) is 24.6 Å². The number of ether oxygens (including phenoxy) is 1. The van der Waals surface area contributed by atoms with Gasteiger partial charge in [-0.1, -0.05) is 0 Å². The topological polar surface area (TPSA) is 32.8 Å². The molecule has 0 radical (unpaired) electrons. The average molecular weight is 372 g/mol. The van der Waals surface area contributed by atoms with Crippen LogP contribution in [0.25, 0.3) is 0 Å². The van der Waals surface area contributed by atoms with Gasteiger partial charge in [-0.15, -0.1) is 0 Å². The Morgan fingerprint density at radius 3 is 1.76 bits per heavy atom. The summed E-state index contributed by atoms with van der Waals surface area (Å²) in [6.07, 6.45) is -13.2. The SMILES string of the molecule is BC1C(B)N(C(C)(C)C)CCN1C(=O)OC(B)(C(F)(F)F)C(F)(F)F. The van der Waals surface area contributed by atoms with Gasteiger partial charge in [0.05, 0.1) is 0 Å². The molecule has 0 aliphatic carbocycles. The zero-order chi connectivity index (χ0) is 20.0. The number of rotatable bonds is 1. The van der Waals surface area contributed by atoms with Gasteiger partial charge in [0.15, 0.2) is 7.85 Å². The maximum absolute atomic E-state index is 12.9. The molecule has 1 amide bonds. The minimum absolute atomic E-state index is 0.0204. The fraction of sp³-hybridized carbons (Fsp3) is 0.917. The van der Waals surface area contributed by atoms with Crippen LogP contribution in [0.3, 0.4) is 0 Å². The Bertz CT molecular complexity index is 495. The summed E-state index contributed by atoms with van der Waals surface area (Å²) < 4.78 is 81.3. The average Bonchev–Trinajstić information content (AvgIpc) is 2.37. The van der Waals surface area contributed by atoms with Crippen molar-refractivity contribution in [1.82, 2.24) is 9.80 Å². The molecule has 1 aliphatic rings. The van der Waals surface area contributed by atoms with Gasteiger partial charge >= 0.3 is 18.4 Å². The molecular formula is C12H21B3F6N2O2. The molecule has 142 valence electrons. The lowest BCUT2D eigenvalue weighted by Crippen LogP contribution is -2.67. The number of halogens is 6. The van der Waals surface area contributed by atoms with E-state index in [-0.39, 0.29) is 25.9 Å². The van der Waals surface area contributed by atoms with Crippen molar-refractivity contribution in [2.45, 2.75) is 56.0 Å². The Hall–Kier alpha value is -0.995. The summed E-state index contributed by atoms with van der Waals surface area (Å²) in [5.41, 5.74) is -4.81. The van der Waals surface area contributed by atoms with Crippen LogP contribution in [-0.2, 0) is 4.74 Å². The molecule has 0 saturated carbocycles. The van der Waals surface area contributed by atoms with Crippen LogP contribution in [0.5, 0.6) is 0 Å². The normalized spacial score (nSPS) is 24.3. The van der Waals surface area contributed by atoms with Crippen LogP contribution in [0.15, 0.2) is 0 Å². The van der Waals surface area contributed by atoms with E-state index in [4.69, 9.17) is 0 Å². The van der Waals surface area contributed by atoms with E-state index in [9.17, 15) is 31.1 Å². The van der Waals surface area contributed by atoms with Crippen molar-refractivity contribution in [3.8, 4) is 0 Å². The Labute approximate surface area is 145 Å². The third-order valence-corrected chi connectivity index (χ3v) is 4.73. The highest BCUT2D eigenvalue weighted by Gasteiger charge is 2.70. The summed E-state index contributed by atoms with van der Waals surface area (Å²) in [4.78, 5) is 15.1. The summed E-state index contributed by atoms with van der Waals surface area (Å²) in [6, 6.07) is 0. The maximum atomic E-state index is 12.9. The lowest BCUT2D eigenvalue weighted by molar-refractivity contribution is -0.331. The quantitative estimate of drug-likeness (QED) is 0.477. The maximum Gasteiger partial charge on any atom is 0.428 e. The first kappa shape index (κ1) is 22.0. The van der Waals surface area contributed by atoms with Crippen molar-refractivity contribution in [3.05, 3.63) is 0 Å². The van der Waals surface area contributed by atoms with Crippen LogP contribution in [0.1, 0.15) is 20.8 Å². The molecule has 2 unspecified atom stereocenters. The molecule has 1 fully saturated rings. The summed E-state index contributed by atoms with van der Waals surface area (Å²) in [5, 5.41) is 0. The molecule has 4 nitrogen and oxygen atoms in total. The van der Waals surface area contributed by atoms with Gasteiger partial charge in [0.1, 0.15) is 15.7 Å². The number of carbonyl (C=O) groups excluding carboxylic acids is 1. The Morgan fingerprint density at radius 2 is 1.40 bits per heavy atom. The molecule has 0 aromatic carbocycles. The first-order valence-electron chi connectivity index (χ1n) is 7.83. The predicted octanol–water partition coefficient (Wildman–Crippen LogP) is -0.0885. The fourth-order valence-electron chi connectivity index (χ4n) is 2.86. The second-order valence-corrected chi connectivity index (χ2v) is 7.44. The predicted molar refractivity (Wildman–Crippen MR) is 87.7 cm³/mol. The number of piperazine rings is 1. The van der Waals surface area contributed by atoms with Gasteiger partial charge in [0.2, 0.25) is 0 Å². The second kappa shape index (κ2) is 6.62. The van der Waals surface area contributed by atoms with E-state index in [2.05, 4.69) is 4.74 Å². The highest BCUT2D eigenvalue weighted by Crippen LogP contribution is 2.44. The van der Waals surface area contributed by atoms with Crippen LogP contribution in [0.4, 0.5) is 31.1 Å². The third kappa shape index (κ3) is 4.23. The number of hydrogen-bond acceptors (Lipinski definition) is 3. The number of amides is 1. The first-order chi connectivity index (χ1) is 10.9. The summed E-state index contributed by atoms with van der Waals surface area (Å²) in [6.45, 7) is 6.12. The van der Waals surface area contributed by atoms with Crippen LogP contribution >= 0.6 is 0 Å². The molecule has 0 aromatic heterocycles. The van der Waals surface area contributed by atoms with Gasteiger partial charge in [-0.3, -0.25) is 0 Å². The van der Waals surface area contributed by atoms with Gasteiger partial charge in [-0.05, 0) is 26.7 Å². The van der Waals surface area contributed by atoms with E-state index >= 15 is 0 Å². The minimum atomic E-state index is -5.77. The van der Waals surface area contributed by atoms with Gasteiger partial charge in [0.25, 0.3) is 5.50 Å².